The van der Waals surface area contributed by atoms with Gasteiger partial charge in [0.1, 0.15) is 19.2 Å². The van der Waals surface area contributed by atoms with Crippen molar-refractivity contribution < 1.29 is 19.1 Å². The van der Waals surface area contributed by atoms with Crippen LogP contribution in [-0.2, 0) is 17.6 Å². The van der Waals surface area contributed by atoms with Crippen molar-refractivity contribution in [2.24, 2.45) is 11.7 Å². The van der Waals surface area contributed by atoms with Crippen molar-refractivity contribution in [3.05, 3.63) is 78.4 Å². The summed E-state index contributed by atoms with van der Waals surface area (Å²) in [7, 11) is 4.09. The van der Waals surface area contributed by atoms with Crippen molar-refractivity contribution in [3.8, 4) is 11.7 Å². The van der Waals surface area contributed by atoms with E-state index in [9.17, 15) is 9.90 Å². The molecule has 1 aromatic carbocycles. The van der Waals surface area contributed by atoms with Crippen LogP contribution in [-0.4, -0.2) is 74.1 Å². The van der Waals surface area contributed by atoms with Crippen LogP contribution in [0.25, 0.3) is 16.6 Å². The van der Waals surface area contributed by atoms with Crippen LogP contribution in [0.1, 0.15) is 50.3 Å². The molecular formula is C33H43N6O3+. The predicted molar refractivity (Wildman–Crippen MR) is 163 cm³/mol. The molecule has 1 unspecified atom stereocenters. The summed E-state index contributed by atoms with van der Waals surface area (Å²) in [5.41, 5.74) is 6.38. The predicted octanol–water partition coefficient (Wildman–Crippen LogP) is 4.24. The minimum Gasteiger partial charge on any atom is -0.471 e. The number of quaternary nitrogens is 1. The Kier molecular flexibility index (Phi) is 8.89. The topological polar surface area (TPSA) is 116 Å². The Hall–Kier alpha value is -3.82. The minimum atomic E-state index is -1.61. The summed E-state index contributed by atoms with van der Waals surface area (Å²) in [5.74, 6) is 0.847. The number of aliphatic hydroxyl groups is 1. The van der Waals surface area contributed by atoms with Crippen LogP contribution in [0.2, 0.25) is 0 Å². The zero-order valence-corrected chi connectivity index (χ0v) is 24.9. The number of fused-ring (bicyclic) bond motifs is 1. The van der Waals surface area contributed by atoms with E-state index in [2.05, 4.69) is 29.1 Å². The molecule has 3 aromatic heterocycles. The molecule has 9 heteroatoms. The van der Waals surface area contributed by atoms with Gasteiger partial charge in [0.2, 0.25) is 5.88 Å². The Bertz CT molecular complexity index is 1490. The Morgan fingerprint density at radius 3 is 2.74 bits per heavy atom. The maximum absolute atomic E-state index is 12.8. The maximum Gasteiger partial charge on any atom is 0.255 e. The van der Waals surface area contributed by atoms with Crippen molar-refractivity contribution in [3.63, 3.8) is 0 Å². The average Bonchev–Trinajstić information content (AvgIpc) is 3.51. The van der Waals surface area contributed by atoms with E-state index >= 15 is 0 Å². The molecule has 0 aliphatic heterocycles. The van der Waals surface area contributed by atoms with Gasteiger partial charge in [-0.15, -0.1) is 0 Å². The molecule has 5 rings (SSSR count). The molecule has 0 spiro atoms. The monoisotopic (exact) mass is 571 g/mol. The van der Waals surface area contributed by atoms with Crippen LogP contribution >= 0.6 is 0 Å². The van der Waals surface area contributed by atoms with Crippen molar-refractivity contribution >= 4 is 16.7 Å². The number of likely N-dealkylation sites (N-methyl/N-ethyl adjacent to an activating group) is 1. The third-order valence-electron chi connectivity index (χ3n) is 8.79. The number of benzene rings is 1. The summed E-state index contributed by atoms with van der Waals surface area (Å²) in [4.78, 5) is 22.1. The first-order valence-electron chi connectivity index (χ1n) is 15.0. The molecule has 1 aliphatic rings. The Morgan fingerprint density at radius 2 is 2.02 bits per heavy atom. The summed E-state index contributed by atoms with van der Waals surface area (Å²) in [5, 5.41) is 18.1. The van der Waals surface area contributed by atoms with Crippen molar-refractivity contribution in [1.82, 2.24) is 19.7 Å². The molecule has 1 amide bonds. The SMILES string of the molecule is CCCCc1cc2ccccc2c(OCC[N+](C)(C)[C@H]2CCC(Cc3ccc(-n4cccn4)nc3)C[C@@]2(O)C(N)=O)n1. The van der Waals surface area contributed by atoms with Gasteiger partial charge >= 0.3 is 0 Å². The summed E-state index contributed by atoms with van der Waals surface area (Å²) in [6, 6.07) is 15.8. The molecule has 1 fully saturated rings. The first-order valence-corrected chi connectivity index (χ1v) is 15.0. The van der Waals surface area contributed by atoms with Gasteiger partial charge in [-0.3, -0.25) is 4.79 Å². The number of carbonyl (C=O) groups excluding carboxylic acids is 1. The number of carbonyl (C=O) groups is 1. The van der Waals surface area contributed by atoms with E-state index in [4.69, 9.17) is 15.5 Å². The lowest BCUT2D eigenvalue weighted by molar-refractivity contribution is -0.922. The minimum absolute atomic E-state index is 0.119. The first-order chi connectivity index (χ1) is 20.2. The second kappa shape index (κ2) is 12.6. The lowest BCUT2D eigenvalue weighted by Crippen LogP contribution is -2.68. The van der Waals surface area contributed by atoms with Crippen LogP contribution in [0, 0.1) is 5.92 Å². The highest BCUT2D eigenvalue weighted by Crippen LogP contribution is 2.39. The lowest BCUT2D eigenvalue weighted by atomic mass is 9.71. The van der Waals surface area contributed by atoms with Crippen molar-refractivity contribution in [2.75, 3.05) is 27.2 Å². The van der Waals surface area contributed by atoms with Gasteiger partial charge < -0.3 is 20.1 Å². The molecule has 1 saturated carbocycles. The molecule has 3 N–H and O–H groups in total. The van der Waals surface area contributed by atoms with E-state index in [-0.39, 0.29) is 12.0 Å². The molecule has 3 atom stereocenters. The Labute approximate surface area is 247 Å². The number of nitrogens with two attached hydrogens (primary N) is 1. The van der Waals surface area contributed by atoms with Crippen molar-refractivity contribution in [2.45, 2.75) is 63.5 Å². The van der Waals surface area contributed by atoms with Crippen molar-refractivity contribution in [1.29, 1.82) is 0 Å². The van der Waals surface area contributed by atoms with Crippen LogP contribution in [0.15, 0.2) is 67.1 Å². The van der Waals surface area contributed by atoms with Gasteiger partial charge in [-0.2, -0.15) is 5.10 Å². The van der Waals surface area contributed by atoms with E-state index in [1.165, 1.54) is 0 Å². The highest BCUT2D eigenvalue weighted by Gasteiger charge is 2.54. The number of aromatic nitrogens is 4. The van der Waals surface area contributed by atoms with E-state index in [0.29, 0.717) is 36.4 Å². The van der Waals surface area contributed by atoms with E-state index in [1.54, 1.807) is 10.9 Å². The third-order valence-corrected chi connectivity index (χ3v) is 8.79. The van der Waals surface area contributed by atoms with Gasteiger partial charge in [0.25, 0.3) is 5.91 Å². The summed E-state index contributed by atoms with van der Waals surface area (Å²) in [6.45, 7) is 3.18. The molecule has 9 nitrogen and oxygen atoms in total. The highest BCUT2D eigenvalue weighted by molar-refractivity contribution is 5.87. The fourth-order valence-electron chi connectivity index (χ4n) is 6.44. The number of nitrogens with zero attached hydrogens (tertiary/aromatic N) is 5. The number of rotatable bonds is 12. The van der Waals surface area contributed by atoms with E-state index in [1.807, 2.05) is 62.9 Å². The normalized spacial score (nSPS) is 21.0. The van der Waals surface area contributed by atoms with Crippen LogP contribution in [0.4, 0.5) is 0 Å². The molecular weight excluding hydrogens is 528 g/mol. The number of aryl methyl sites for hydroxylation is 1. The summed E-state index contributed by atoms with van der Waals surface area (Å²) < 4.78 is 8.43. The second-order valence-corrected chi connectivity index (χ2v) is 12.2. The van der Waals surface area contributed by atoms with Gasteiger partial charge in [0.05, 0.1) is 14.1 Å². The Balaban J connectivity index is 1.24. The number of unbranched alkanes of at least 4 members (excludes halogenated alkanes) is 1. The fourth-order valence-corrected chi connectivity index (χ4v) is 6.44. The zero-order valence-electron chi connectivity index (χ0n) is 24.9. The van der Waals surface area contributed by atoms with E-state index < -0.39 is 11.5 Å². The average molecular weight is 572 g/mol. The third kappa shape index (κ3) is 6.47. The standard InChI is InChI=1S/C33H42N6O3/c1-4-5-10-27-21-26-9-6-7-11-28(26)31(37-27)42-19-18-39(2,3)29-14-12-24(22-33(29,41)32(34)40)20-25-13-15-30(35-23-25)38-17-8-16-36-38/h6-9,11,13,15-17,21,23-24,29,41H,4-5,10,12,14,18-20,22H2,1-3H3,(H-,34,40)/p+1/t24?,29-,33-/m0/s1. The quantitative estimate of drug-likeness (QED) is 0.246. The fraction of sp³-hybridized carbons (Fsp3) is 0.455. The number of amides is 1. The van der Waals surface area contributed by atoms with Crippen LogP contribution < -0.4 is 10.5 Å². The van der Waals surface area contributed by atoms with Gasteiger partial charge in [-0.05, 0) is 73.2 Å². The molecule has 0 saturated heterocycles. The summed E-state index contributed by atoms with van der Waals surface area (Å²) >= 11 is 0. The highest BCUT2D eigenvalue weighted by atomic mass is 16.5. The van der Waals surface area contributed by atoms with Crippen LogP contribution in [0.3, 0.4) is 0 Å². The molecule has 0 radical (unpaired) electrons. The smallest absolute Gasteiger partial charge is 0.255 e. The van der Waals surface area contributed by atoms with Gasteiger partial charge in [-0.1, -0.05) is 37.6 Å². The van der Waals surface area contributed by atoms with Gasteiger partial charge in [-0.25, -0.2) is 14.6 Å². The maximum atomic E-state index is 12.8. The second-order valence-electron chi connectivity index (χ2n) is 12.2. The largest absolute Gasteiger partial charge is 0.471 e. The molecule has 1 aliphatic carbocycles. The molecule has 3 heterocycles. The molecule has 4 aromatic rings. The van der Waals surface area contributed by atoms with E-state index in [0.717, 1.165) is 60.0 Å². The van der Waals surface area contributed by atoms with Crippen LogP contribution in [0.5, 0.6) is 5.88 Å². The number of hydrogen-bond donors (Lipinski definition) is 2. The zero-order chi connectivity index (χ0) is 29.7. The number of ether oxygens (including phenoxy) is 1. The lowest BCUT2D eigenvalue weighted by Gasteiger charge is -2.49. The number of hydrogen-bond acceptors (Lipinski definition) is 6. The Morgan fingerprint density at radius 1 is 1.19 bits per heavy atom. The van der Waals surface area contributed by atoms with Gasteiger partial charge in [0.15, 0.2) is 11.4 Å². The summed E-state index contributed by atoms with van der Waals surface area (Å²) in [6.07, 6.45) is 11.1. The molecule has 42 heavy (non-hydrogen) atoms. The number of pyridine rings is 2. The molecule has 222 valence electrons. The first kappa shape index (κ1) is 29.7. The number of primary amides is 1. The molecule has 0 bridgehead atoms. The van der Waals surface area contributed by atoms with Gasteiger partial charge in [0, 0.05) is 36.1 Å².